The second kappa shape index (κ2) is 5.48. The third kappa shape index (κ3) is 2.32. The second-order valence-electron chi connectivity index (χ2n) is 5.73. The number of carbonyl (C=O) groups is 3. The molecule has 0 saturated carbocycles. The van der Waals surface area contributed by atoms with Gasteiger partial charge in [0, 0.05) is 24.7 Å². The first-order chi connectivity index (χ1) is 11.6. The first kappa shape index (κ1) is 14.4. The number of rotatable bonds is 3. The molecule has 4 rings (SSSR count). The van der Waals surface area contributed by atoms with E-state index in [0.29, 0.717) is 18.8 Å². The van der Waals surface area contributed by atoms with Crippen LogP contribution in [0.1, 0.15) is 10.5 Å². The van der Waals surface area contributed by atoms with Gasteiger partial charge in [0.25, 0.3) is 5.91 Å². The number of likely N-dealkylation sites (tertiary alicyclic amines) is 1. The number of nitrogens with zero attached hydrogens (tertiary/aromatic N) is 3. The van der Waals surface area contributed by atoms with Gasteiger partial charge < -0.3 is 14.7 Å². The van der Waals surface area contributed by atoms with Crippen molar-refractivity contribution in [3.8, 4) is 11.3 Å². The number of benzene rings is 1. The fourth-order valence-electron chi connectivity index (χ4n) is 2.87. The molecule has 1 aromatic carbocycles. The molecule has 24 heavy (non-hydrogen) atoms. The van der Waals surface area contributed by atoms with E-state index in [1.165, 1.54) is 9.80 Å². The molecule has 2 saturated heterocycles. The molecule has 8 heteroatoms. The lowest BCUT2D eigenvalue weighted by molar-refractivity contribution is -0.128. The molecular formula is C16H14N4O4. The van der Waals surface area contributed by atoms with Gasteiger partial charge in [0.05, 0.1) is 12.6 Å². The number of amides is 4. The van der Waals surface area contributed by atoms with Crippen LogP contribution in [0.2, 0.25) is 0 Å². The van der Waals surface area contributed by atoms with Crippen molar-refractivity contribution in [1.29, 1.82) is 0 Å². The van der Waals surface area contributed by atoms with Crippen LogP contribution >= 0.6 is 0 Å². The molecule has 2 fully saturated rings. The smallest absolute Gasteiger partial charge is 0.324 e. The second-order valence-corrected chi connectivity index (χ2v) is 5.73. The highest BCUT2D eigenvalue weighted by Crippen LogP contribution is 2.23. The Kier molecular flexibility index (Phi) is 3.30. The molecule has 2 aromatic rings. The molecule has 0 bridgehead atoms. The highest BCUT2D eigenvalue weighted by Gasteiger charge is 2.43. The van der Waals surface area contributed by atoms with Crippen LogP contribution in [-0.4, -0.2) is 58.5 Å². The Morgan fingerprint density at radius 1 is 1.21 bits per heavy atom. The van der Waals surface area contributed by atoms with Gasteiger partial charge in [-0.1, -0.05) is 35.5 Å². The van der Waals surface area contributed by atoms with Crippen LogP contribution < -0.4 is 5.32 Å². The molecular weight excluding hydrogens is 312 g/mol. The minimum absolute atomic E-state index is 0.0208. The number of carbonyl (C=O) groups excluding carboxylic acids is 3. The van der Waals surface area contributed by atoms with E-state index in [-0.39, 0.29) is 30.1 Å². The summed E-state index contributed by atoms with van der Waals surface area (Å²) in [5, 5.41) is 6.29. The normalized spacial score (nSPS) is 17.8. The van der Waals surface area contributed by atoms with E-state index in [1.54, 1.807) is 6.07 Å². The molecule has 4 amide bonds. The van der Waals surface area contributed by atoms with Gasteiger partial charge in [0.15, 0.2) is 11.5 Å². The van der Waals surface area contributed by atoms with Gasteiger partial charge in [-0.25, -0.2) is 4.79 Å². The van der Waals surface area contributed by atoms with Crippen molar-refractivity contribution in [2.24, 2.45) is 0 Å². The van der Waals surface area contributed by atoms with Crippen molar-refractivity contribution in [1.82, 2.24) is 20.3 Å². The predicted molar refractivity (Wildman–Crippen MR) is 81.9 cm³/mol. The topological polar surface area (TPSA) is 95.8 Å². The predicted octanol–water partition coefficient (Wildman–Crippen LogP) is 0.718. The first-order valence-electron chi connectivity index (χ1n) is 7.55. The van der Waals surface area contributed by atoms with E-state index in [2.05, 4.69) is 10.5 Å². The van der Waals surface area contributed by atoms with E-state index in [1.807, 2.05) is 30.3 Å². The summed E-state index contributed by atoms with van der Waals surface area (Å²) in [6, 6.07) is 10.3. The van der Waals surface area contributed by atoms with Gasteiger partial charge in [-0.2, -0.15) is 0 Å². The van der Waals surface area contributed by atoms with Crippen molar-refractivity contribution in [3.05, 3.63) is 42.1 Å². The van der Waals surface area contributed by atoms with Gasteiger partial charge in [-0.05, 0) is 0 Å². The average molecular weight is 326 g/mol. The van der Waals surface area contributed by atoms with Gasteiger partial charge >= 0.3 is 6.03 Å². The van der Waals surface area contributed by atoms with Crippen LogP contribution in [-0.2, 0) is 4.79 Å². The van der Waals surface area contributed by atoms with E-state index in [9.17, 15) is 14.4 Å². The van der Waals surface area contributed by atoms with Crippen molar-refractivity contribution in [3.63, 3.8) is 0 Å². The summed E-state index contributed by atoms with van der Waals surface area (Å²) in [4.78, 5) is 38.3. The molecule has 0 unspecified atom stereocenters. The van der Waals surface area contributed by atoms with Crippen LogP contribution in [0.3, 0.4) is 0 Å². The molecule has 2 aliphatic heterocycles. The van der Waals surface area contributed by atoms with Gasteiger partial charge in [0.2, 0.25) is 5.91 Å². The molecule has 2 aliphatic rings. The summed E-state index contributed by atoms with van der Waals surface area (Å²) in [5.41, 5.74) is 1.05. The summed E-state index contributed by atoms with van der Waals surface area (Å²) in [5.74, 6) is -0.0146. The SMILES string of the molecule is O=C(c1cc(-c2ccccc2)on1)N1CC(N2C(=O)CNC2=O)C1. The Labute approximate surface area is 137 Å². The standard InChI is InChI=1S/C16H14N4O4/c21-14-7-17-16(23)20(14)11-8-19(9-11)15(22)12-6-13(24-18-12)10-4-2-1-3-5-10/h1-6,11H,7-9H2,(H,17,23). The lowest BCUT2D eigenvalue weighted by Crippen LogP contribution is -2.62. The van der Waals surface area contributed by atoms with Crippen molar-refractivity contribution in [2.75, 3.05) is 19.6 Å². The minimum Gasteiger partial charge on any atom is -0.355 e. The van der Waals surface area contributed by atoms with Crippen molar-refractivity contribution >= 4 is 17.8 Å². The fraction of sp³-hybridized carbons (Fsp3) is 0.250. The zero-order valence-corrected chi connectivity index (χ0v) is 12.6. The number of aromatic nitrogens is 1. The summed E-state index contributed by atoms with van der Waals surface area (Å²) in [6.45, 7) is 0.643. The Balaban J connectivity index is 1.42. The molecule has 0 atom stereocenters. The Morgan fingerprint density at radius 2 is 1.96 bits per heavy atom. The Bertz CT molecular complexity index is 794. The third-order valence-electron chi connectivity index (χ3n) is 4.18. The maximum absolute atomic E-state index is 12.4. The Hall–Kier alpha value is -3.16. The highest BCUT2D eigenvalue weighted by atomic mass is 16.5. The van der Waals surface area contributed by atoms with E-state index >= 15 is 0 Å². The Morgan fingerprint density at radius 3 is 2.62 bits per heavy atom. The summed E-state index contributed by atoms with van der Waals surface area (Å²) in [7, 11) is 0. The maximum Gasteiger partial charge on any atom is 0.324 e. The lowest BCUT2D eigenvalue weighted by atomic mass is 10.1. The molecule has 0 aliphatic carbocycles. The van der Waals surface area contributed by atoms with Crippen LogP contribution in [0.25, 0.3) is 11.3 Å². The van der Waals surface area contributed by atoms with Crippen LogP contribution in [0, 0.1) is 0 Å². The van der Waals surface area contributed by atoms with Crippen LogP contribution in [0.4, 0.5) is 4.79 Å². The molecule has 1 N–H and O–H groups in total. The zero-order chi connectivity index (χ0) is 16.7. The maximum atomic E-state index is 12.4. The van der Waals surface area contributed by atoms with Crippen molar-refractivity contribution < 1.29 is 18.9 Å². The van der Waals surface area contributed by atoms with Gasteiger partial charge in [-0.3, -0.25) is 14.5 Å². The van der Waals surface area contributed by atoms with Gasteiger partial charge in [-0.15, -0.1) is 0 Å². The average Bonchev–Trinajstić information content (AvgIpc) is 3.16. The largest absolute Gasteiger partial charge is 0.355 e. The molecule has 8 nitrogen and oxygen atoms in total. The van der Waals surface area contributed by atoms with Crippen molar-refractivity contribution in [2.45, 2.75) is 6.04 Å². The quantitative estimate of drug-likeness (QED) is 0.839. The highest BCUT2D eigenvalue weighted by molar-refractivity contribution is 6.03. The first-order valence-corrected chi connectivity index (χ1v) is 7.55. The molecule has 122 valence electrons. The monoisotopic (exact) mass is 326 g/mol. The van der Waals surface area contributed by atoms with E-state index in [4.69, 9.17) is 4.52 Å². The van der Waals surface area contributed by atoms with E-state index < -0.39 is 6.03 Å². The van der Waals surface area contributed by atoms with E-state index in [0.717, 1.165) is 5.56 Å². The fourth-order valence-corrected chi connectivity index (χ4v) is 2.87. The minimum atomic E-state index is -0.398. The molecule has 3 heterocycles. The molecule has 0 radical (unpaired) electrons. The lowest BCUT2D eigenvalue weighted by Gasteiger charge is -2.41. The molecule has 1 aromatic heterocycles. The number of hydrogen-bond acceptors (Lipinski definition) is 5. The molecule has 0 spiro atoms. The number of nitrogens with one attached hydrogen (secondary N) is 1. The summed E-state index contributed by atoms with van der Waals surface area (Å²) < 4.78 is 5.23. The number of hydrogen-bond donors (Lipinski definition) is 1. The van der Waals surface area contributed by atoms with Crippen LogP contribution in [0.15, 0.2) is 40.9 Å². The third-order valence-corrected chi connectivity index (χ3v) is 4.18. The number of urea groups is 1. The number of imide groups is 1. The van der Waals surface area contributed by atoms with Gasteiger partial charge in [0.1, 0.15) is 0 Å². The zero-order valence-electron chi connectivity index (χ0n) is 12.6. The summed E-state index contributed by atoms with van der Waals surface area (Å²) in [6.07, 6.45) is 0. The summed E-state index contributed by atoms with van der Waals surface area (Å²) >= 11 is 0. The van der Waals surface area contributed by atoms with Crippen LogP contribution in [0.5, 0.6) is 0 Å².